The van der Waals surface area contributed by atoms with Crippen LogP contribution in [-0.2, 0) is 16.1 Å². The van der Waals surface area contributed by atoms with E-state index in [2.05, 4.69) is 108 Å². The minimum absolute atomic E-state index is 0.0885. The van der Waals surface area contributed by atoms with Gasteiger partial charge in [-0.15, -0.1) is 0 Å². The van der Waals surface area contributed by atoms with E-state index in [4.69, 9.17) is 32.8 Å². The second-order valence-corrected chi connectivity index (χ2v) is 32.5. The quantitative estimate of drug-likeness (QED) is 0.0170. The fourth-order valence-corrected chi connectivity index (χ4v) is 15.5. The third kappa shape index (κ3) is 26.1. The zero-order valence-corrected chi connectivity index (χ0v) is 79.6. The van der Waals surface area contributed by atoms with E-state index in [1.54, 1.807) is 149 Å². The van der Waals surface area contributed by atoms with Crippen molar-refractivity contribution in [2.24, 2.45) is 5.92 Å². The number of carbonyl (C=O) groups excluding carboxylic acids is 6. The van der Waals surface area contributed by atoms with Gasteiger partial charge in [-0.3, -0.25) is 79.2 Å². The average Bonchev–Trinajstić information content (AvgIpc) is 1.69. The van der Waals surface area contributed by atoms with Gasteiger partial charge in [0.15, 0.2) is 0 Å². The maximum absolute atomic E-state index is 13.1. The van der Waals surface area contributed by atoms with E-state index in [1.165, 1.54) is 28.3 Å². The van der Waals surface area contributed by atoms with Crippen molar-refractivity contribution in [1.29, 1.82) is 0 Å². The number of H-pyrrole nitrogens is 5. The molecule has 17 aromatic rings. The molecule has 0 radical (unpaired) electrons. The van der Waals surface area contributed by atoms with Crippen molar-refractivity contribution in [1.82, 2.24) is 108 Å². The number of rotatable bonds is 33. The number of carbonyl (C=O) groups is 6. The Morgan fingerprint density at radius 3 is 1.03 bits per heavy atom. The molecule has 13 N–H and O–H groups in total. The number of furan rings is 1. The molecule has 0 saturated carbocycles. The lowest BCUT2D eigenvalue weighted by atomic mass is 10.0. The summed E-state index contributed by atoms with van der Waals surface area (Å²) < 4.78 is 38.7. The summed E-state index contributed by atoms with van der Waals surface area (Å²) in [6, 6.07) is 48.5. The fourth-order valence-electron chi connectivity index (χ4n) is 15.5. The van der Waals surface area contributed by atoms with Crippen LogP contribution in [0.15, 0.2) is 236 Å². The predicted octanol–water partition coefficient (Wildman–Crippen LogP) is 15.2. The van der Waals surface area contributed by atoms with Crippen LogP contribution in [0.25, 0.3) is 115 Å². The highest BCUT2D eigenvalue weighted by atomic mass is 16.5. The first kappa shape index (κ1) is 101. The van der Waals surface area contributed by atoms with Crippen LogP contribution in [0.2, 0.25) is 0 Å². The smallest absolute Gasteiger partial charge is 0.255 e. The maximum atomic E-state index is 13.1. The van der Waals surface area contributed by atoms with Crippen molar-refractivity contribution in [2.75, 3.05) is 75.0 Å². The minimum Gasteiger partial charge on any atom is -0.495 e. The molecular weight excluding hydrogens is 1820 g/mol. The molecule has 0 bridgehead atoms. The lowest BCUT2D eigenvalue weighted by molar-refractivity contribution is -0.118. The van der Waals surface area contributed by atoms with Crippen molar-refractivity contribution in [2.45, 2.75) is 58.3 Å². The van der Waals surface area contributed by atoms with E-state index in [0.29, 0.717) is 122 Å². The molecule has 6 aromatic carbocycles. The molecule has 0 aliphatic carbocycles. The van der Waals surface area contributed by atoms with Gasteiger partial charge < -0.3 is 75.0 Å². The lowest BCUT2D eigenvalue weighted by Gasteiger charge is -2.20. The summed E-state index contributed by atoms with van der Waals surface area (Å²) in [5, 5.41) is 76.4. The van der Waals surface area contributed by atoms with Crippen LogP contribution in [0.5, 0.6) is 28.7 Å². The molecule has 1 saturated heterocycles. The summed E-state index contributed by atoms with van der Waals surface area (Å²) in [6.45, 7) is 7.21. The van der Waals surface area contributed by atoms with E-state index < -0.39 is 6.04 Å². The Bertz CT molecular complexity index is 7310. The molecule has 36 heteroatoms. The molecule has 11 aromatic heterocycles. The van der Waals surface area contributed by atoms with Crippen LogP contribution in [-0.4, -0.2) is 209 Å². The topological polar surface area (TPSA) is 491 Å². The monoisotopic (exact) mass is 1930 g/mol. The number of pyridine rings is 5. The van der Waals surface area contributed by atoms with Crippen LogP contribution < -0.4 is 55.6 Å². The van der Waals surface area contributed by atoms with Crippen LogP contribution in [0.1, 0.15) is 159 Å². The largest absolute Gasteiger partial charge is 0.495 e. The number of methoxy groups -OCH3 is 5. The number of hydrogen-bond acceptors (Lipinski definition) is 25. The Kier molecular flexibility index (Phi) is 35.6. The van der Waals surface area contributed by atoms with Gasteiger partial charge in [-0.2, -0.15) is 25.5 Å². The zero-order valence-electron chi connectivity index (χ0n) is 79.6. The van der Waals surface area contributed by atoms with Crippen LogP contribution in [0.3, 0.4) is 0 Å². The van der Waals surface area contributed by atoms with Crippen molar-refractivity contribution >= 4 is 151 Å². The molecule has 1 aliphatic rings. The summed E-state index contributed by atoms with van der Waals surface area (Å²) in [7, 11) is 7.67. The summed E-state index contributed by atoms with van der Waals surface area (Å²) >= 11 is 0. The number of nitrogens with one attached hydrogen (secondary N) is 11. The summed E-state index contributed by atoms with van der Waals surface area (Å²) in [5.41, 5.74) is 14.8. The highest BCUT2D eigenvalue weighted by Gasteiger charge is 2.28. The van der Waals surface area contributed by atoms with Crippen LogP contribution in [0.4, 0.5) is 0 Å². The highest BCUT2D eigenvalue weighted by molar-refractivity contribution is 6.10. The molecule has 6 amide bonds. The van der Waals surface area contributed by atoms with Gasteiger partial charge in [-0.1, -0.05) is 105 Å². The first-order valence-corrected chi connectivity index (χ1v) is 45.6. The van der Waals surface area contributed by atoms with Gasteiger partial charge in [-0.25, -0.2) is 0 Å². The molecular formula is C107H107N21O15. The zero-order chi connectivity index (χ0) is 100. The number of benzene rings is 6. The van der Waals surface area contributed by atoms with Gasteiger partial charge in [0.1, 0.15) is 34.5 Å². The summed E-state index contributed by atoms with van der Waals surface area (Å²) in [5.74, 6) is 1.55. The lowest BCUT2D eigenvalue weighted by Crippen LogP contribution is -2.41. The third-order valence-electron chi connectivity index (χ3n) is 22.7. The minimum atomic E-state index is -0.525. The molecule has 1 fully saturated rings. The Labute approximate surface area is 821 Å². The number of aliphatic hydroxyl groups is 2. The highest BCUT2D eigenvalue weighted by Crippen LogP contribution is 2.39. The van der Waals surface area contributed by atoms with Gasteiger partial charge in [0.25, 0.3) is 29.5 Å². The summed E-state index contributed by atoms with van der Waals surface area (Å²) in [4.78, 5) is 95.2. The van der Waals surface area contributed by atoms with Gasteiger partial charge in [-0.05, 0) is 186 Å². The molecule has 18 rings (SSSR count). The second-order valence-electron chi connectivity index (χ2n) is 32.5. The normalized spacial score (nSPS) is 12.7. The van der Waals surface area contributed by atoms with Crippen LogP contribution in [0, 0.1) is 5.92 Å². The third-order valence-corrected chi connectivity index (χ3v) is 22.7. The van der Waals surface area contributed by atoms with E-state index in [1.807, 2.05) is 172 Å². The molecule has 143 heavy (non-hydrogen) atoms. The van der Waals surface area contributed by atoms with E-state index in [9.17, 15) is 39.0 Å². The number of hydrogen-bond donors (Lipinski definition) is 13. The number of ether oxygens (including phenoxy) is 6. The molecule has 730 valence electrons. The van der Waals surface area contributed by atoms with Gasteiger partial charge in [0.05, 0.1) is 191 Å². The van der Waals surface area contributed by atoms with Gasteiger partial charge >= 0.3 is 0 Å². The van der Waals surface area contributed by atoms with Gasteiger partial charge in [0, 0.05) is 95.1 Å². The second kappa shape index (κ2) is 50.4. The van der Waals surface area contributed by atoms with Crippen molar-refractivity contribution in [3.8, 4) is 28.7 Å². The van der Waals surface area contributed by atoms with Crippen LogP contribution >= 0.6 is 0 Å². The number of aliphatic hydroxyl groups excluding tert-OH is 2. The molecule has 36 nitrogen and oxygen atoms in total. The fraction of sp³-hybridized carbons (Fsp3) is 0.196. The number of nitrogens with zero attached hydrogens (tertiary/aromatic N) is 10. The van der Waals surface area contributed by atoms with Crippen molar-refractivity contribution < 1.29 is 71.8 Å². The molecule has 0 spiro atoms. The van der Waals surface area contributed by atoms with E-state index in [0.717, 1.165) is 103 Å². The average molecular weight is 1930 g/mol. The standard InChI is InChI=1S/C24H22N4O3.C21H22N4O3.C21H18N4O3.C21H24N4O3.C20H21N5O3/c1-31-23-18(24(30)26-21(15-29)17-7-3-2-4-8-17)10-12-20-22(23)19(27-28-20)11-9-16-6-5-13-25-14-16;2*1-27-20-16(21(26)23-13-15-5-3-11-28-15)7-9-18-19(20)17(24-25-18)8-6-14-4-2-10-22-12-14;1-13(2)18(12-26)23-21(27)15-7-9-17-19(20(15)28-3)16(24-25-17)8-6-14-5-4-10-22-11-14;1-13(26)22-10-11-23-20(27)15-6-8-17-18(19(15)28-2)16(24-25-17)7-5-14-4-3-9-21-12-14/h2-14,21,29H,15H2,1H3,(H,26,30)(H,27,28);2,4,6-10,12,15H,3,5,11,13H2,1H3,(H,23,26)(H,24,25);2-12H,13H2,1H3,(H,23,26)(H,24,25);4-11,13,18,26H,12H2,1-3H3,(H,23,27)(H,24,25);3-9,12H,10-11H2,1-2H3,(H,22,26)(H,23,27)(H,24,25)/b11-9+;3*8-6+;7-5+. The maximum Gasteiger partial charge on any atom is 0.255 e. The van der Waals surface area contributed by atoms with Crippen molar-refractivity contribution in [3.05, 3.63) is 327 Å². The first-order chi connectivity index (χ1) is 69.9. The number of aromatic amines is 5. The number of fused-ring (bicyclic) bond motifs is 5. The molecule has 1 aliphatic heterocycles. The SMILES string of the molecule is COc1c(C(=O)NC(CO)C(C)C)ccc2n[nH]c(/C=C/c3cccnc3)c12.COc1c(C(=O)NC(CO)c2ccccc2)ccc2n[nH]c(/C=C/c3cccnc3)c12.COc1c(C(=O)NCC2CCCO2)ccc2n[nH]c(/C=C/c3cccnc3)c12.COc1c(C(=O)NCCNC(C)=O)ccc2n[nH]c(/C=C/c3cccnc3)c12.COc1c(C(=O)NCc2ccco2)ccc2n[nH]c(/C=C/c3cccnc3)c12. The van der Waals surface area contributed by atoms with E-state index in [-0.39, 0.29) is 66.7 Å². The predicted molar refractivity (Wildman–Crippen MR) is 548 cm³/mol. The molecule has 3 atom stereocenters. The van der Waals surface area contributed by atoms with Crippen molar-refractivity contribution in [3.63, 3.8) is 0 Å². The Balaban J connectivity index is 0.000000142. The molecule has 12 heterocycles. The Morgan fingerprint density at radius 2 is 0.734 bits per heavy atom. The Hall–Kier alpha value is -17.9. The van der Waals surface area contributed by atoms with Gasteiger partial charge in [0.2, 0.25) is 5.91 Å². The molecule has 3 unspecified atom stereocenters. The summed E-state index contributed by atoms with van der Waals surface area (Å²) in [6.07, 6.45) is 40.0. The Morgan fingerprint density at radius 1 is 0.392 bits per heavy atom. The number of aromatic nitrogens is 15. The number of amides is 6. The first-order valence-electron chi connectivity index (χ1n) is 45.6. The van der Waals surface area contributed by atoms with E-state index >= 15 is 0 Å².